The number of allylic oxidation sites excluding steroid dienone is 1. The van der Waals surface area contributed by atoms with Gasteiger partial charge in [-0.1, -0.05) is 43.3 Å². The van der Waals surface area contributed by atoms with Crippen molar-refractivity contribution in [3.05, 3.63) is 41.3 Å². The Hall–Kier alpha value is -1.31. The minimum atomic E-state index is -3.36. The fourth-order valence-electron chi connectivity index (χ4n) is 1.19. The molecule has 96 valence electrons. The normalized spacial score (nSPS) is 12.2. The zero-order valence-corrected chi connectivity index (χ0v) is 13.0. The van der Waals surface area contributed by atoms with Crippen LogP contribution >= 0.6 is 0 Å². The van der Waals surface area contributed by atoms with Gasteiger partial charge < -0.3 is 0 Å². The highest BCUT2D eigenvalue weighted by atomic mass is 32.2. The second-order valence-electron chi connectivity index (χ2n) is 5.18. The predicted octanol–water partition coefficient (Wildman–Crippen LogP) is 3.16. The summed E-state index contributed by atoms with van der Waals surface area (Å²) in [4.78, 5) is 0.305. The van der Waals surface area contributed by atoms with E-state index in [9.17, 15) is 8.42 Å². The maximum absolute atomic E-state index is 11.9. The zero-order chi connectivity index (χ0) is 13.8. The minimum absolute atomic E-state index is 0.305. The first kappa shape index (κ1) is 14.7. The molecule has 0 unspecified atom stereocenters. The molecule has 18 heavy (non-hydrogen) atoms. The van der Waals surface area contributed by atoms with E-state index in [1.165, 1.54) is 11.5 Å². The van der Waals surface area contributed by atoms with E-state index in [-0.39, 0.29) is 0 Å². The topological polar surface area (TPSA) is 34.1 Å². The largest absolute Gasteiger partial charge is 0.219 e. The summed E-state index contributed by atoms with van der Waals surface area (Å²) >= 11 is 0. The first-order valence-corrected chi connectivity index (χ1v) is 10.8. The summed E-state index contributed by atoms with van der Waals surface area (Å²) in [6.07, 6.45) is 1.42. The molecule has 1 aromatic rings. The fraction of sp³-hybridized carbons (Fsp3) is 0.286. The third-order valence-corrected chi connectivity index (χ3v) is 4.45. The Morgan fingerprint density at radius 3 is 2.17 bits per heavy atom. The molecule has 1 rings (SSSR count). The van der Waals surface area contributed by atoms with Gasteiger partial charge in [-0.15, -0.1) is 5.54 Å². The Morgan fingerprint density at radius 2 is 1.67 bits per heavy atom. The molecule has 0 heterocycles. The standard InChI is InChI=1S/C14H18O2SSi/c1-13-7-9-14(10-8-13)17(15,16)11-5-6-12-18(2,3)4/h5,7-11H,1-4H3. The van der Waals surface area contributed by atoms with Crippen LogP contribution in [0.15, 0.2) is 40.6 Å². The second kappa shape index (κ2) is 5.55. The number of hydrogen-bond acceptors (Lipinski definition) is 2. The molecule has 0 aliphatic heterocycles. The molecule has 0 atom stereocenters. The van der Waals surface area contributed by atoms with Crippen LogP contribution in [0.4, 0.5) is 0 Å². The van der Waals surface area contributed by atoms with Gasteiger partial charge in [-0.3, -0.25) is 0 Å². The number of hydrogen-bond donors (Lipinski definition) is 0. The summed E-state index contributed by atoms with van der Waals surface area (Å²) in [7, 11) is -4.81. The summed E-state index contributed by atoms with van der Waals surface area (Å²) in [5.41, 5.74) is 4.13. The SMILES string of the molecule is Cc1ccc(S(=O)(=O)C=CC#C[Si](C)(C)C)cc1. The smallest absolute Gasteiger partial charge is 0.200 e. The van der Waals surface area contributed by atoms with Gasteiger partial charge in [0.2, 0.25) is 0 Å². The van der Waals surface area contributed by atoms with Crippen molar-refractivity contribution < 1.29 is 8.42 Å². The van der Waals surface area contributed by atoms with Crippen LogP contribution in [0, 0.1) is 18.4 Å². The quantitative estimate of drug-likeness (QED) is 0.615. The first-order chi connectivity index (χ1) is 8.21. The van der Waals surface area contributed by atoms with E-state index in [2.05, 4.69) is 31.1 Å². The van der Waals surface area contributed by atoms with Crippen LogP contribution in [-0.4, -0.2) is 16.5 Å². The van der Waals surface area contributed by atoms with Gasteiger partial charge in [-0.05, 0) is 25.1 Å². The minimum Gasteiger partial charge on any atom is -0.219 e. The van der Waals surface area contributed by atoms with Crippen molar-refractivity contribution in [2.45, 2.75) is 31.5 Å². The number of sulfone groups is 1. The molecule has 4 heteroatoms. The van der Waals surface area contributed by atoms with Gasteiger partial charge in [0, 0.05) is 5.41 Å². The first-order valence-electron chi connectivity index (χ1n) is 5.72. The molecular weight excluding hydrogens is 260 g/mol. The third kappa shape index (κ3) is 4.90. The second-order valence-corrected chi connectivity index (χ2v) is 11.8. The van der Waals surface area contributed by atoms with Gasteiger partial charge in [0.15, 0.2) is 9.84 Å². The molecule has 2 nitrogen and oxygen atoms in total. The van der Waals surface area contributed by atoms with Crippen LogP contribution in [0.2, 0.25) is 19.6 Å². The van der Waals surface area contributed by atoms with Crippen LogP contribution in [0.5, 0.6) is 0 Å². The third-order valence-electron chi connectivity index (χ3n) is 2.13. The molecule has 0 saturated heterocycles. The maximum Gasteiger partial charge on any atom is 0.200 e. The lowest BCUT2D eigenvalue weighted by Crippen LogP contribution is -2.16. The van der Waals surface area contributed by atoms with Crippen molar-refractivity contribution >= 4 is 17.9 Å². The lowest BCUT2D eigenvalue weighted by molar-refractivity contribution is 0.604. The van der Waals surface area contributed by atoms with Crippen LogP contribution in [0.1, 0.15) is 5.56 Å². The molecular formula is C14H18O2SSi. The Balaban J connectivity index is 2.92. The van der Waals surface area contributed by atoms with Crippen molar-refractivity contribution in [3.63, 3.8) is 0 Å². The molecule has 0 N–H and O–H groups in total. The average molecular weight is 278 g/mol. The van der Waals surface area contributed by atoms with Gasteiger partial charge in [-0.25, -0.2) is 8.42 Å². The molecule has 0 aliphatic carbocycles. The Morgan fingerprint density at radius 1 is 1.11 bits per heavy atom. The molecule has 0 spiro atoms. The van der Waals surface area contributed by atoms with E-state index in [4.69, 9.17) is 0 Å². The number of benzene rings is 1. The summed E-state index contributed by atoms with van der Waals surface area (Å²) in [5.74, 6) is 2.81. The lowest BCUT2D eigenvalue weighted by Gasteiger charge is -2.02. The van der Waals surface area contributed by atoms with Crippen molar-refractivity contribution in [3.8, 4) is 11.5 Å². The predicted molar refractivity (Wildman–Crippen MR) is 78.6 cm³/mol. The summed E-state index contributed by atoms with van der Waals surface area (Å²) in [6, 6.07) is 6.80. The van der Waals surface area contributed by atoms with E-state index in [0.29, 0.717) is 4.90 Å². The lowest BCUT2D eigenvalue weighted by atomic mass is 10.2. The van der Waals surface area contributed by atoms with Crippen molar-refractivity contribution in [1.82, 2.24) is 0 Å². The highest BCUT2D eigenvalue weighted by molar-refractivity contribution is 7.94. The van der Waals surface area contributed by atoms with Crippen LogP contribution in [0.3, 0.4) is 0 Å². The van der Waals surface area contributed by atoms with Crippen LogP contribution < -0.4 is 0 Å². The van der Waals surface area contributed by atoms with E-state index in [0.717, 1.165) is 5.56 Å². The highest BCUT2D eigenvalue weighted by Gasteiger charge is 2.09. The van der Waals surface area contributed by atoms with Gasteiger partial charge in [0.1, 0.15) is 8.07 Å². The van der Waals surface area contributed by atoms with Crippen molar-refractivity contribution in [1.29, 1.82) is 0 Å². The van der Waals surface area contributed by atoms with Gasteiger partial charge in [-0.2, -0.15) is 0 Å². The Labute approximate surface area is 111 Å². The monoisotopic (exact) mass is 278 g/mol. The Kier molecular flexibility index (Phi) is 4.55. The number of rotatable bonds is 2. The van der Waals surface area contributed by atoms with Gasteiger partial charge in [0.05, 0.1) is 4.90 Å². The molecule has 0 amide bonds. The van der Waals surface area contributed by atoms with E-state index in [1.807, 2.05) is 6.92 Å². The summed E-state index contributed by atoms with van der Waals surface area (Å²) < 4.78 is 23.8. The summed E-state index contributed by atoms with van der Waals surface area (Å²) in [6.45, 7) is 8.26. The van der Waals surface area contributed by atoms with Gasteiger partial charge in [0.25, 0.3) is 0 Å². The van der Waals surface area contributed by atoms with E-state index in [1.54, 1.807) is 24.3 Å². The molecule has 0 radical (unpaired) electrons. The van der Waals surface area contributed by atoms with Crippen molar-refractivity contribution in [2.75, 3.05) is 0 Å². The fourth-order valence-corrected chi connectivity index (χ4v) is 2.62. The number of aryl methyl sites for hydroxylation is 1. The zero-order valence-electron chi connectivity index (χ0n) is 11.2. The molecule has 1 aromatic carbocycles. The molecule has 0 aliphatic rings. The molecule has 0 fully saturated rings. The molecule has 0 aromatic heterocycles. The highest BCUT2D eigenvalue weighted by Crippen LogP contribution is 2.12. The van der Waals surface area contributed by atoms with Crippen LogP contribution in [-0.2, 0) is 9.84 Å². The van der Waals surface area contributed by atoms with Crippen LogP contribution in [0.25, 0.3) is 0 Å². The molecule has 0 saturated carbocycles. The van der Waals surface area contributed by atoms with E-state index >= 15 is 0 Å². The maximum atomic E-state index is 11.9. The van der Waals surface area contributed by atoms with Gasteiger partial charge >= 0.3 is 0 Å². The summed E-state index contributed by atoms with van der Waals surface area (Å²) in [5, 5.41) is 1.17. The average Bonchev–Trinajstić information content (AvgIpc) is 2.24. The van der Waals surface area contributed by atoms with Crippen molar-refractivity contribution in [2.24, 2.45) is 0 Å². The Bertz CT molecular complexity index is 594. The molecule has 0 bridgehead atoms. The van der Waals surface area contributed by atoms with E-state index < -0.39 is 17.9 Å².